The van der Waals surface area contributed by atoms with E-state index in [1.54, 1.807) is 0 Å². The van der Waals surface area contributed by atoms with Gasteiger partial charge in [-0.1, -0.05) is 44.9 Å². The lowest BCUT2D eigenvalue weighted by Crippen LogP contribution is -2.35. The summed E-state index contributed by atoms with van der Waals surface area (Å²) in [5, 5.41) is 30.3. The largest absolute Gasteiger partial charge is 0.393 e. The monoisotopic (exact) mass is 416 g/mol. The van der Waals surface area contributed by atoms with Crippen molar-refractivity contribution in [2.24, 2.45) is 23.2 Å². The summed E-state index contributed by atoms with van der Waals surface area (Å²) in [6.07, 6.45) is 15.2. The average molecular weight is 417 g/mol. The van der Waals surface area contributed by atoms with Crippen molar-refractivity contribution in [3.05, 3.63) is 34.9 Å². The maximum Gasteiger partial charge on any atom is 0.0777 e. The van der Waals surface area contributed by atoms with E-state index >= 15 is 0 Å². The lowest BCUT2D eigenvalue weighted by atomic mass is 9.62. The number of aliphatic hydroxyl groups is 3. The quantitative estimate of drug-likeness (QED) is 0.498. The number of allylic oxidation sites excluding steroid dienone is 4. The molecule has 0 saturated heterocycles. The highest BCUT2D eigenvalue weighted by Crippen LogP contribution is 2.58. The van der Waals surface area contributed by atoms with Crippen LogP contribution in [-0.4, -0.2) is 33.1 Å². The molecule has 3 unspecified atom stereocenters. The fourth-order valence-corrected chi connectivity index (χ4v) is 6.58. The molecule has 0 amide bonds. The van der Waals surface area contributed by atoms with Crippen molar-refractivity contribution in [2.45, 2.75) is 110 Å². The number of hydrogen-bond acceptors (Lipinski definition) is 3. The van der Waals surface area contributed by atoms with Crippen molar-refractivity contribution in [1.82, 2.24) is 0 Å². The van der Waals surface area contributed by atoms with Crippen molar-refractivity contribution in [2.75, 3.05) is 0 Å². The van der Waals surface area contributed by atoms with Crippen molar-refractivity contribution in [3.63, 3.8) is 0 Å². The zero-order valence-electron chi connectivity index (χ0n) is 19.8. The van der Waals surface area contributed by atoms with Gasteiger partial charge in [-0.25, -0.2) is 0 Å². The Kier molecular flexibility index (Phi) is 7.37. The molecule has 0 spiro atoms. The summed E-state index contributed by atoms with van der Waals surface area (Å²) in [4.78, 5) is 0. The van der Waals surface area contributed by atoms with E-state index < -0.39 is 17.8 Å². The molecule has 3 aliphatic carbocycles. The molecule has 3 heteroatoms. The highest BCUT2D eigenvalue weighted by Gasteiger charge is 2.49. The standard InChI is InChI=1S/C27H44O3/c1-18(8-6-14-26(3,4)30)23-12-13-24-20(9-7-15-27(23,24)5)10-11-21-16-22(28)17-25(29)19(21)2/h9-11,18,22-25,28-30H,6-8,12-17H2,1-5H3/t18?,22?,23-,24?,25-,27-/m1/s1. The van der Waals surface area contributed by atoms with Gasteiger partial charge in [0, 0.05) is 6.42 Å². The van der Waals surface area contributed by atoms with E-state index in [1.807, 2.05) is 20.8 Å². The normalized spacial score (nSPS) is 36.2. The fourth-order valence-electron chi connectivity index (χ4n) is 6.58. The van der Waals surface area contributed by atoms with E-state index in [0.717, 1.165) is 36.3 Å². The highest BCUT2D eigenvalue weighted by atomic mass is 16.3. The molecule has 1 fully saturated rings. The van der Waals surface area contributed by atoms with E-state index in [9.17, 15) is 15.3 Å². The number of rotatable bonds is 7. The predicted octanol–water partition coefficient (Wildman–Crippen LogP) is 5.70. The topological polar surface area (TPSA) is 60.7 Å². The zero-order valence-corrected chi connectivity index (χ0v) is 19.8. The maximum absolute atomic E-state index is 10.2. The molecule has 6 atom stereocenters. The molecule has 3 N–H and O–H groups in total. The lowest BCUT2D eigenvalue weighted by molar-refractivity contribution is 0.0613. The lowest BCUT2D eigenvalue weighted by Gasteiger charge is -2.43. The third-order valence-corrected chi connectivity index (χ3v) is 8.44. The first-order valence-corrected chi connectivity index (χ1v) is 12.2. The summed E-state index contributed by atoms with van der Waals surface area (Å²) in [5.74, 6) is 2.06. The van der Waals surface area contributed by atoms with Crippen LogP contribution in [-0.2, 0) is 0 Å². The molecular weight excluding hydrogens is 372 g/mol. The summed E-state index contributed by atoms with van der Waals surface area (Å²) < 4.78 is 0. The van der Waals surface area contributed by atoms with Crippen LogP contribution in [0.1, 0.15) is 92.4 Å². The van der Waals surface area contributed by atoms with Gasteiger partial charge in [0.15, 0.2) is 0 Å². The van der Waals surface area contributed by atoms with Crippen LogP contribution >= 0.6 is 0 Å². The third-order valence-electron chi connectivity index (χ3n) is 8.44. The van der Waals surface area contributed by atoms with Crippen LogP contribution in [0.15, 0.2) is 34.9 Å². The molecule has 30 heavy (non-hydrogen) atoms. The van der Waals surface area contributed by atoms with Gasteiger partial charge in [0.25, 0.3) is 0 Å². The Labute approximate surface area is 184 Å². The van der Waals surface area contributed by atoms with Crippen LogP contribution in [0.3, 0.4) is 0 Å². The van der Waals surface area contributed by atoms with Gasteiger partial charge in [0.2, 0.25) is 0 Å². The minimum Gasteiger partial charge on any atom is -0.393 e. The van der Waals surface area contributed by atoms with Crippen LogP contribution in [0.2, 0.25) is 0 Å². The summed E-state index contributed by atoms with van der Waals surface area (Å²) in [5.41, 5.74) is 3.38. The first-order chi connectivity index (χ1) is 14.0. The zero-order chi connectivity index (χ0) is 22.1. The molecule has 3 nitrogen and oxygen atoms in total. The van der Waals surface area contributed by atoms with Crippen LogP contribution in [0.5, 0.6) is 0 Å². The Hall–Kier alpha value is -0.900. The van der Waals surface area contributed by atoms with Crippen molar-refractivity contribution in [1.29, 1.82) is 0 Å². The highest BCUT2D eigenvalue weighted by molar-refractivity contribution is 5.37. The Bertz CT molecular complexity index is 695. The molecule has 0 aliphatic heterocycles. The molecule has 0 aromatic carbocycles. The van der Waals surface area contributed by atoms with Crippen molar-refractivity contribution >= 4 is 0 Å². The SMILES string of the molecule is CC1=C(C=CC2=CCC[C@@]3(C)C2CC[C@@H]3C(C)CCCC(C)(C)O)CC(O)C[C@H]1O. The first-order valence-electron chi connectivity index (χ1n) is 12.2. The van der Waals surface area contributed by atoms with E-state index in [4.69, 9.17) is 0 Å². The van der Waals surface area contributed by atoms with Gasteiger partial charge in [-0.15, -0.1) is 0 Å². The van der Waals surface area contributed by atoms with Crippen LogP contribution in [0.4, 0.5) is 0 Å². The van der Waals surface area contributed by atoms with Gasteiger partial charge >= 0.3 is 0 Å². The maximum atomic E-state index is 10.2. The smallest absolute Gasteiger partial charge is 0.0777 e. The molecule has 3 rings (SSSR count). The molecule has 1 saturated carbocycles. The van der Waals surface area contributed by atoms with Crippen LogP contribution in [0, 0.1) is 23.2 Å². The Balaban J connectivity index is 1.68. The second-order valence-electron chi connectivity index (χ2n) is 11.3. The van der Waals surface area contributed by atoms with E-state index in [-0.39, 0.29) is 0 Å². The van der Waals surface area contributed by atoms with E-state index in [0.29, 0.717) is 30.1 Å². The Morgan fingerprint density at radius 3 is 2.67 bits per heavy atom. The molecule has 170 valence electrons. The number of aliphatic hydroxyl groups excluding tert-OH is 2. The number of fused-ring (bicyclic) bond motifs is 1. The van der Waals surface area contributed by atoms with Crippen LogP contribution in [0.25, 0.3) is 0 Å². The second-order valence-corrected chi connectivity index (χ2v) is 11.3. The van der Waals surface area contributed by atoms with Crippen molar-refractivity contribution in [3.8, 4) is 0 Å². The fraction of sp³-hybridized carbons (Fsp3) is 0.778. The summed E-state index contributed by atoms with van der Waals surface area (Å²) in [6, 6.07) is 0. The third kappa shape index (κ3) is 5.29. The van der Waals surface area contributed by atoms with Gasteiger partial charge in [-0.2, -0.15) is 0 Å². The molecular formula is C27H44O3. The molecule has 0 aromatic heterocycles. The van der Waals surface area contributed by atoms with Gasteiger partial charge in [0.1, 0.15) is 0 Å². The number of hydrogen-bond donors (Lipinski definition) is 3. The van der Waals surface area contributed by atoms with Gasteiger partial charge in [-0.3, -0.25) is 0 Å². The summed E-state index contributed by atoms with van der Waals surface area (Å²) >= 11 is 0. The Morgan fingerprint density at radius 2 is 1.97 bits per heavy atom. The summed E-state index contributed by atoms with van der Waals surface area (Å²) in [7, 11) is 0. The predicted molar refractivity (Wildman–Crippen MR) is 124 cm³/mol. The molecule has 0 bridgehead atoms. The van der Waals surface area contributed by atoms with E-state index in [1.165, 1.54) is 31.3 Å². The second kappa shape index (κ2) is 9.30. The van der Waals surface area contributed by atoms with Gasteiger partial charge < -0.3 is 15.3 Å². The summed E-state index contributed by atoms with van der Waals surface area (Å²) in [6.45, 7) is 10.8. The van der Waals surface area contributed by atoms with E-state index in [2.05, 4.69) is 32.1 Å². The molecule has 3 aliphatic rings. The van der Waals surface area contributed by atoms with Crippen LogP contribution < -0.4 is 0 Å². The van der Waals surface area contributed by atoms with Gasteiger partial charge in [0.05, 0.1) is 17.8 Å². The first kappa shape index (κ1) is 23.8. The van der Waals surface area contributed by atoms with Crippen molar-refractivity contribution < 1.29 is 15.3 Å². The Morgan fingerprint density at radius 1 is 1.23 bits per heavy atom. The molecule has 0 heterocycles. The van der Waals surface area contributed by atoms with Gasteiger partial charge in [-0.05, 0) is 99.2 Å². The minimum absolute atomic E-state index is 0.359. The minimum atomic E-state index is -0.555. The average Bonchev–Trinajstić information content (AvgIpc) is 3.00. The molecule has 0 radical (unpaired) electrons. The molecule has 0 aromatic rings.